The van der Waals surface area contributed by atoms with Crippen molar-refractivity contribution < 1.29 is 4.79 Å². The van der Waals surface area contributed by atoms with E-state index in [0.29, 0.717) is 12.3 Å². The molecule has 1 aliphatic rings. The van der Waals surface area contributed by atoms with Crippen LogP contribution in [0.25, 0.3) is 0 Å². The van der Waals surface area contributed by atoms with Gasteiger partial charge in [0.2, 0.25) is 5.91 Å². The van der Waals surface area contributed by atoms with Crippen LogP contribution >= 0.6 is 0 Å². The molecule has 1 aliphatic carbocycles. The van der Waals surface area contributed by atoms with Gasteiger partial charge >= 0.3 is 0 Å². The predicted molar refractivity (Wildman–Crippen MR) is 72.3 cm³/mol. The number of pyridine rings is 1. The minimum absolute atomic E-state index is 0.182. The van der Waals surface area contributed by atoms with Gasteiger partial charge in [0.15, 0.2) is 0 Å². The molecule has 1 saturated carbocycles. The van der Waals surface area contributed by atoms with Crippen LogP contribution in [0, 0.1) is 5.92 Å². The third kappa shape index (κ3) is 3.31. The molecule has 1 aromatic rings. The van der Waals surface area contributed by atoms with Crippen molar-refractivity contribution in [3.05, 3.63) is 29.9 Å². The van der Waals surface area contributed by atoms with Crippen molar-refractivity contribution in [3.63, 3.8) is 0 Å². The molecule has 18 heavy (non-hydrogen) atoms. The molecular weight excluding hydrogens is 224 g/mol. The van der Waals surface area contributed by atoms with E-state index in [9.17, 15) is 4.79 Å². The fourth-order valence-electron chi connectivity index (χ4n) is 2.57. The zero-order valence-electron chi connectivity index (χ0n) is 11.3. The van der Waals surface area contributed by atoms with Crippen LogP contribution in [-0.2, 0) is 0 Å². The van der Waals surface area contributed by atoms with E-state index in [1.807, 2.05) is 38.2 Å². The summed E-state index contributed by atoms with van der Waals surface area (Å²) in [7, 11) is 0. The van der Waals surface area contributed by atoms with E-state index in [1.165, 1.54) is 25.7 Å². The number of nitrogens with zero attached hydrogens (tertiary/aromatic N) is 2. The average Bonchev–Trinajstić information content (AvgIpc) is 2.81. The molecule has 0 bridgehead atoms. The first kappa shape index (κ1) is 13.1. The Bertz CT molecular complexity index is 467. The van der Waals surface area contributed by atoms with E-state index in [0.717, 1.165) is 5.49 Å². The van der Waals surface area contributed by atoms with Crippen LogP contribution in [0.4, 0.5) is 0 Å². The highest BCUT2D eigenvalue weighted by Gasteiger charge is 2.19. The molecule has 2 rings (SSSR count). The monoisotopic (exact) mass is 246 g/mol. The van der Waals surface area contributed by atoms with E-state index in [4.69, 9.17) is 0 Å². The maximum Gasteiger partial charge on any atom is 0.232 e. The van der Waals surface area contributed by atoms with Crippen LogP contribution in [0.3, 0.4) is 0 Å². The third-order valence-electron chi connectivity index (χ3n) is 3.44. The highest BCUT2D eigenvalue weighted by atomic mass is 16.2. The minimum Gasteiger partial charge on any atom is -0.274 e. The van der Waals surface area contributed by atoms with Gasteiger partial charge in [-0.15, -0.1) is 0 Å². The SMILES string of the molecule is CC(C)N=c1ccccn1C(=O)CC1CCCC1. The number of rotatable bonds is 3. The summed E-state index contributed by atoms with van der Waals surface area (Å²) in [5.41, 5.74) is 0.774. The minimum atomic E-state index is 0.182. The van der Waals surface area contributed by atoms with Gasteiger partial charge in [0, 0.05) is 18.7 Å². The highest BCUT2D eigenvalue weighted by Crippen LogP contribution is 2.27. The van der Waals surface area contributed by atoms with Crippen LogP contribution in [-0.4, -0.2) is 16.5 Å². The molecule has 1 aromatic heterocycles. The first-order valence-electron chi connectivity index (χ1n) is 6.91. The van der Waals surface area contributed by atoms with Gasteiger partial charge in [-0.2, -0.15) is 0 Å². The second kappa shape index (κ2) is 5.98. The number of carbonyl (C=O) groups excluding carboxylic acids is 1. The van der Waals surface area contributed by atoms with E-state index >= 15 is 0 Å². The molecule has 0 saturated heterocycles. The number of aromatic nitrogens is 1. The van der Waals surface area contributed by atoms with E-state index in [1.54, 1.807) is 4.57 Å². The van der Waals surface area contributed by atoms with Crippen molar-refractivity contribution >= 4 is 5.91 Å². The average molecular weight is 246 g/mol. The lowest BCUT2D eigenvalue weighted by Gasteiger charge is -2.10. The fourth-order valence-corrected chi connectivity index (χ4v) is 2.57. The molecule has 3 heteroatoms. The van der Waals surface area contributed by atoms with Crippen molar-refractivity contribution in [1.29, 1.82) is 0 Å². The summed E-state index contributed by atoms with van der Waals surface area (Å²) in [6, 6.07) is 5.94. The molecule has 0 aromatic carbocycles. The fraction of sp³-hybridized carbons (Fsp3) is 0.600. The van der Waals surface area contributed by atoms with Gasteiger partial charge in [0.05, 0.1) is 0 Å². The lowest BCUT2D eigenvalue weighted by molar-refractivity contribution is 0.0875. The maximum atomic E-state index is 12.3. The Morgan fingerprint density at radius 3 is 2.78 bits per heavy atom. The molecule has 98 valence electrons. The van der Waals surface area contributed by atoms with E-state index in [2.05, 4.69) is 4.99 Å². The first-order chi connectivity index (χ1) is 8.66. The molecule has 0 radical (unpaired) electrons. The van der Waals surface area contributed by atoms with Crippen LogP contribution in [0.1, 0.15) is 50.7 Å². The van der Waals surface area contributed by atoms with E-state index < -0.39 is 0 Å². The zero-order valence-corrected chi connectivity index (χ0v) is 11.3. The van der Waals surface area contributed by atoms with Gasteiger partial charge in [0.25, 0.3) is 0 Å². The van der Waals surface area contributed by atoms with Crippen LogP contribution in [0.15, 0.2) is 29.4 Å². The third-order valence-corrected chi connectivity index (χ3v) is 3.44. The first-order valence-corrected chi connectivity index (χ1v) is 6.91. The molecule has 0 unspecified atom stereocenters. The summed E-state index contributed by atoms with van der Waals surface area (Å²) < 4.78 is 1.71. The van der Waals surface area contributed by atoms with Crippen molar-refractivity contribution in [1.82, 2.24) is 4.57 Å². The van der Waals surface area contributed by atoms with E-state index in [-0.39, 0.29) is 11.9 Å². The van der Waals surface area contributed by atoms with Gasteiger partial charge in [-0.3, -0.25) is 14.4 Å². The van der Waals surface area contributed by atoms with Gasteiger partial charge in [-0.05, 0) is 44.7 Å². The number of carbonyl (C=O) groups is 1. The largest absolute Gasteiger partial charge is 0.274 e. The molecule has 0 amide bonds. The maximum absolute atomic E-state index is 12.3. The van der Waals surface area contributed by atoms with Gasteiger partial charge in [-0.1, -0.05) is 18.9 Å². The molecular formula is C15H22N2O. The van der Waals surface area contributed by atoms with Gasteiger partial charge in [-0.25, -0.2) is 0 Å². The summed E-state index contributed by atoms with van der Waals surface area (Å²) in [5.74, 6) is 0.763. The lowest BCUT2D eigenvalue weighted by atomic mass is 10.0. The molecule has 0 aliphatic heterocycles. The van der Waals surface area contributed by atoms with Crippen LogP contribution in [0.2, 0.25) is 0 Å². The Labute approximate surface area is 109 Å². The zero-order chi connectivity index (χ0) is 13.0. The molecule has 0 atom stereocenters. The van der Waals surface area contributed by atoms with Gasteiger partial charge in [0.1, 0.15) is 5.49 Å². The smallest absolute Gasteiger partial charge is 0.232 e. The Balaban J connectivity index is 2.19. The molecule has 3 nitrogen and oxygen atoms in total. The van der Waals surface area contributed by atoms with Gasteiger partial charge < -0.3 is 0 Å². The Kier molecular flexibility index (Phi) is 4.34. The Morgan fingerprint density at radius 1 is 1.39 bits per heavy atom. The molecule has 0 spiro atoms. The predicted octanol–water partition coefficient (Wildman–Crippen LogP) is 3.02. The molecule has 0 N–H and O–H groups in total. The summed E-state index contributed by atoms with van der Waals surface area (Å²) in [4.78, 5) is 16.8. The van der Waals surface area contributed by atoms with Crippen molar-refractivity contribution in [2.75, 3.05) is 0 Å². The Hall–Kier alpha value is -1.38. The standard InChI is InChI=1S/C15H22N2O/c1-12(2)16-14-9-5-6-10-17(14)15(18)11-13-7-3-4-8-13/h5-6,9-10,12-13H,3-4,7-8,11H2,1-2H3. The topological polar surface area (TPSA) is 34.4 Å². The summed E-state index contributed by atoms with van der Waals surface area (Å²) in [6.07, 6.45) is 7.46. The van der Waals surface area contributed by atoms with Crippen LogP contribution < -0.4 is 5.49 Å². The summed E-state index contributed by atoms with van der Waals surface area (Å²) >= 11 is 0. The molecule has 1 fully saturated rings. The summed E-state index contributed by atoms with van der Waals surface area (Å²) in [6.45, 7) is 4.05. The second-order valence-corrected chi connectivity index (χ2v) is 5.40. The van der Waals surface area contributed by atoms with Crippen molar-refractivity contribution in [3.8, 4) is 0 Å². The van der Waals surface area contributed by atoms with Crippen LogP contribution in [0.5, 0.6) is 0 Å². The number of hydrogen-bond acceptors (Lipinski definition) is 2. The summed E-state index contributed by atoms with van der Waals surface area (Å²) in [5, 5.41) is 0. The highest BCUT2D eigenvalue weighted by molar-refractivity contribution is 5.78. The second-order valence-electron chi connectivity index (χ2n) is 5.40. The Morgan fingerprint density at radius 2 is 2.11 bits per heavy atom. The normalized spacial score (nSPS) is 17.6. The lowest BCUT2D eigenvalue weighted by Crippen LogP contribution is -2.28. The molecule has 1 heterocycles. The van der Waals surface area contributed by atoms with Crippen molar-refractivity contribution in [2.45, 2.75) is 52.0 Å². The number of hydrogen-bond donors (Lipinski definition) is 0. The van der Waals surface area contributed by atoms with Crippen molar-refractivity contribution in [2.24, 2.45) is 10.9 Å². The quantitative estimate of drug-likeness (QED) is 0.807.